The van der Waals surface area contributed by atoms with E-state index in [1.165, 1.54) is 3.97 Å². The van der Waals surface area contributed by atoms with Crippen LogP contribution in [-0.2, 0) is 10.0 Å². The average Bonchev–Trinajstić information content (AvgIpc) is 3.26. The Morgan fingerprint density at radius 3 is 2.52 bits per heavy atom. The van der Waals surface area contributed by atoms with Gasteiger partial charge < -0.3 is 4.52 Å². The fraction of sp³-hybridized carbons (Fsp3) is 0.238. The van der Waals surface area contributed by atoms with Crippen LogP contribution in [0.5, 0.6) is 0 Å². The highest BCUT2D eigenvalue weighted by Crippen LogP contribution is 2.29. The van der Waals surface area contributed by atoms with Gasteiger partial charge in [-0.05, 0) is 48.3 Å². The molecule has 8 heteroatoms. The maximum atomic E-state index is 13.0. The molecule has 0 fully saturated rings. The fourth-order valence-electron chi connectivity index (χ4n) is 2.89. The van der Waals surface area contributed by atoms with Crippen molar-refractivity contribution in [1.29, 1.82) is 0 Å². The average molecular weight is 476 g/mol. The van der Waals surface area contributed by atoms with Crippen molar-refractivity contribution in [2.75, 3.05) is 0 Å². The SMILES string of the molecule is CC/C(C)=C(/C=C\c1c(Br)cn(S(=O)(=O)c2ccccc2)c1C)c1noc(C)n1. The lowest BCUT2D eigenvalue weighted by molar-refractivity contribution is 0.391. The summed E-state index contributed by atoms with van der Waals surface area (Å²) in [5.74, 6) is 1.01. The first-order valence-electron chi connectivity index (χ1n) is 9.12. The fourth-order valence-corrected chi connectivity index (χ4v) is 5.08. The summed E-state index contributed by atoms with van der Waals surface area (Å²) < 4.78 is 33.1. The van der Waals surface area contributed by atoms with Gasteiger partial charge in [-0.1, -0.05) is 48.0 Å². The van der Waals surface area contributed by atoms with Gasteiger partial charge in [0, 0.05) is 34.4 Å². The van der Waals surface area contributed by atoms with Gasteiger partial charge in [-0.15, -0.1) is 0 Å². The maximum absolute atomic E-state index is 13.0. The molecule has 152 valence electrons. The molecule has 0 N–H and O–H groups in total. The van der Waals surface area contributed by atoms with Gasteiger partial charge in [-0.25, -0.2) is 12.4 Å². The van der Waals surface area contributed by atoms with Crippen molar-refractivity contribution in [3.8, 4) is 0 Å². The third kappa shape index (κ3) is 4.28. The summed E-state index contributed by atoms with van der Waals surface area (Å²) in [5, 5.41) is 4.02. The molecule has 2 heterocycles. The predicted octanol–water partition coefficient (Wildman–Crippen LogP) is 5.38. The van der Waals surface area contributed by atoms with Crippen molar-refractivity contribution >= 4 is 37.6 Å². The van der Waals surface area contributed by atoms with Crippen LogP contribution in [0.4, 0.5) is 0 Å². The molecule has 3 aromatic rings. The zero-order valence-electron chi connectivity index (χ0n) is 16.7. The topological polar surface area (TPSA) is 78.0 Å². The molecular weight excluding hydrogens is 454 g/mol. The molecule has 0 saturated heterocycles. The monoisotopic (exact) mass is 475 g/mol. The van der Waals surface area contributed by atoms with Crippen molar-refractivity contribution in [2.24, 2.45) is 0 Å². The van der Waals surface area contributed by atoms with Crippen molar-refractivity contribution in [1.82, 2.24) is 14.1 Å². The normalized spacial score (nSPS) is 13.1. The third-order valence-corrected chi connectivity index (χ3v) is 7.08. The van der Waals surface area contributed by atoms with Crippen LogP contribution < -0.4 is 0 Å². The molecule has 1 aromatic carbocycles. The van der Waals surface area contributed by atoms with Crippen molar-refractivity contribution in [3.05, 3.63) is 75.6 Å². The Hall–Kier alpha value is -2.45. The quantitative estimate of drug-likeness (QED) is 0.446. The Bertz CT molecular complexity index is 1190. The first-order chi connectivity index (χ1) is 13.8. The van der Waals surface area contributed by atoms with Crippen LogP contribution in [0.3, 0.4) is 0 Å². The Labute approximate surface area is 179 Å². The number of aromatic nitrogens is 3. The summed E-state index contributed by atoms with van der Waals surface area (Å²) in [6.07, 6.45) is 6.18. The van der Waals surface area contributed by atoms with E-state index in [1.807, 2.05) is 19.1 Å². The van der Waals surface area contributed by atoms with Gasteiger partial charge in [0.1, 0.15) is 0 Å². The minimum Gasteiger partial charge on any atom is -0.339 e. The van der Waals surface area contributed by atoms with Crippen LogP contribution in [0.15, 0.2) is 62.1 Å². The van der Waals surface area contributed by atoms with E-state index in [9.17, 15) is 8.42 Å². The van der Waals surface area contributed by atoms with Gasteiger partial charge >= 0.3 is 0 Å². The zero-order chi connectivity index (χ0) is 21.2. The number of hydrogen-bond acceptors (Lipinski definition) is 5. The van der Waals surface area contributed by atoms with E-state index in [4.69, 9.17) is 4.52 Å². The Kier molecular flexibility index (Phi) is 6.24. The molecule has 6 nitrogen and oxygen atoms in total. The number of aryl methyl sites for hydroxylation is 1. The molecule has 0 saturated carbocycles. The summed E-state index contributed by atoms with van der Waals surface area (Å²) in [5.41, 5.74) is 3.34. The van der Waals surface area contributed by atoms with Crippen molar-refractivity contribution < 1.29 is 12.9 Å². The summed E-state index contributed by atoms with van der Waals surface area (Å²) in [4.78, 5) is 4.56. The standard InChI is InChI=1S/C21H22BrN3O3S/c1-5-14(2)18(21-23-16(4)28-24-21)11-12-19-15(3)25(13-20(19)22)29(26,27)17-9-7-6-8-10-17/h6-13H,5H2,1-4H3/b12-11-,18-14-. The van der Waals surface area contributed by atoms with Crippen LogP contribution in [-0.4, -0.2) is 22.5 Å². The van der Waals surface area contributed by atoms with E-state index < -0.39 is 10.0 Å². The molecule has 0 unspecified atom stereocenters. The first kappa shape index (κ1) is 21.3. The van der Waals surface area contributed by atoms with Gasteiger partial charge in [-0.2, -0.15) is 4.98 Å². The van der Waals surface area contributed by atoms with Gasteiger partial charge in [-0.3, -0.25) is 0 Å². The molecule has 2 aromatic heterocycles. The van der Waals surface area contributed by atoms with Gasteiger partial charge in [0.2, 0.25) is 11.7 Å². The molecule has 0 aliphatic heterocycles. The van der Waals surface area contributed by atoms with Crippen LogP contribution in [0.25, 0.3) is 11.6 Å². The smallest absolute Gasteiger partial charge is 0.267 e. The number of nitrogens with zero attached hydrogens (tertiary/aromatic N) is 3. The molecule has 0 amide bonds. The number of hydrogen-bond donors (Lipinski definition) is 0. The second kappa shape index (κ2) is 8.51. The summed E-state index contributed by atoms with van der Waals surface area (Å²) in [7, 11) is -3.68. The third-order valence-electron chi connectivity index (χ3n) is 4.68. The molecule has 0 bridgehead atoms. The van der Waals surface area contributed by atoms with E-state index in [-0.39, 0.29) is 4.90 Å². The molecule has 0 aliphatic rings. The number of rotatable bonds is 6. The van der Waals surface area contributed by atoms with E-state index >= 15 is 0 Å². The van der Waals surface area contributed by atoms with Crippen LogP contribution >= 0.6 is 15.9 Å². The molecule has 3 rings (SSSR count). The minimum atomic E-state index is -3.68. The lowest BCUT2D eigenvalue weighted by Gasteiger charge is -2.08. The van der Waals surface area contributed by atoms with E-state index in [2.05, 4.69) is 33.0 Å². The summed E-state index contributed by atoms with van der Waals surface area (Å²) >= 11 is 3.50. The second-order valence-electron chi connectivity index (χ2n) is 6.61. The van der Waals surface area contributed by atoms with E-state index in [1.54, 1.807) is 50.4 Å². The highest BCUT2D eigenvalue weighted by atomic mass is 79.9. The molecule has 0 radical (unpaired) electrons. The number of allylic oxidation sites excluding steroid dienone is 3. The lowest BCUT2D eigenvalue weighted by Crippen LogP contribution is -2.13. The van der Waals surface area contributed by atoms with Crippen LogP contribution in [0, 0.1) is 13.8 Å². The predicted molar refractivity (Wildman–Crippen MR) is 117 cm³/mol. The van der Waals surface area contributed by atoms with Gasteiger partial charge in [0.05, 0.1) is 4.90 Å². The molecule has 0 aliphatic carbocycles. The zero-order valence-corrected chi connectivity index (χ0v) is 19.1. The molecule has 0 atom stereocenters. The lowest BCUT2D eigenvalue weighted by atomic mass is 10.1. The first-order valence-corrected chi connectivity index (χ1v) is 11.4. The van der Waals surface area contributed by atoms with Gasteiger partial charge in [0.25, 0.3) is 10.0 Å². The van der Waals surface area contributed by atoms with Crippen molar-refractivity contribution in [2.45, 2.75) is 39.0 Å². The van der Waals surface area contributed by atoms with Crippen molar-refractivity contribution in [3.63, 3.8) is 0 Å². The van der Waals surface area contributed by atoms with E-state index in [0.29, 0.717) is 21.9 Å². The highest BCUT2D eigenvalue weighted by Gasteiger charge is 2.21. The number of halogens is 1. The number of benzene rings is 1. The molecule has 0 spiro atoms. The minimum absolute atomic E-state index is 0.241. The van der Waals surface area contributed by atoms with Crippen LogP contribution in [0.2, 0.25) is 0 Å². The summed E-state index contributed by atoms with van der Waals surface area (Å²) in [6, 6.07) is 8.37. The Morgan fingerprint density at radius 2 is 1.93 bits per heavy atom. The molecule has 29 heavy (non-hydrogen) atoms. The molecular formula is C21H22BrN3O3S. The second-order valence-corrected chi connectivity index (χ2v) is 9.28. The van der Waals surface area contributed by atoms with E-state index in [0.717, 1.165) is 23.1 Å². The summed E-state index contributed by atoms with van der Waals surface area (Å²) in [6.45, 7) is 7.59. The Morgan fingerprint density at radius 1 is 1.24 bits per heavy atom. The maximum Gasteiger partial charge on any atom is 0.267 e. The highest BCUT2D eigenvalue weighted by molar-refractivity contribution is 9.10. The van der Waals surface area contributed by atoms with Crippen LogP contribution in [0.1, 0.15) is 43.2 Å². The van der Waals surface area contributed by atoms with Gasteiger partial charge in [0.15, 0.2) is 0 Å². The Balaban J connectivity index is 2.05. The largest absolute Gasteiger partial charge is 0.339 e.